The number of aromatic amines is 1. The van der Waals surface area contributed by atoms with Crippen molar-refractivity contribution in [3.8, 4) is 0 Å². The van der Waals surface area contributed by atoms with Crippen molar-refractivity contribution < 1.29 is 0 Å². The molecule has 0 aromatic carbocycles. The minimum absolute atomic E-state index is 0.111. The Hall–Kier alpha value is -1.88. The molecule has 0 unspecified atom stereocenters. The number of aryl methyl sites for hydroxylation is 1. The Labute approximate surface area is 103 Å². The number of aromatic nitrogens is 3. The number of nitrogens with zero attached hydrogens (tertiary/aromatic N) is 2. The molecule has 0 saturated heterocycles. The van der Waals surface area contributed by atoms with Gasteiger partial charge >= 0.3 is 0 Å². The summed E-state index contributed by atoms with van der Waals surface area (Å²) in [5.74, 6) is 0. The largest absolute Gasteiger partial charge is 0.378 e. The molecular weight excluding hydrogens is 240 g/mol. The van der Waals surface area contributed by atoms with Gasteiger partial charge < -0.3 is 5.32 Å². The molecule has 0 fully saturated rings. The standard InChI is InChI=1S/C11H11ClN4O/c1-7-2-3-8(4-13-7)5-14-9-6-15-16-11(17)10(9)12/h2-4,6H,5H2,1H3,(H2,14,16,17). The van der Waals surface area contributed by atoms with Crippen molar-refractivity contribution in [1.82, 2.24) is 15.2 Å². The molecule has 0 spiro atoms. The van der Waals surface area contributed by atoms with Gasteiger partial charge in [0.25, 0.3) is 5.56 Å². The summed E-state index contributed by atoms with van der Waals surface area (Å²) in [5, 5.41) is 9.07. The van der Waals surface area contributed by atoms with Crippen molar-refractivity contribution in [2.24, 2.45) is 0 Å². The van der Waals surface area contributed by atoms with Crippen LogP contribution in [0.25, 0.3) is 0 Å². The normalized spacial score (nSPS) is 10.2. The quantitative estimate of drug-likeness (QED) is 0.871. The molecule has 0 aliphatic rings. The molecule has 0 atom stereocenters. The van der Waals surface area contributed by atoms with Crippen LogP contribution in [-0.4, -0.2) is 15.2 Å². The maximum atomic E-state index is 11.2. The second-order valence-corrected chi connectivity index (χ2v) is 3.97. The van der Waals surface area contributed by atoms with E-state index in [4.69, 9.17) is 11.6 Å². The molecule has 0 radical (unpaired) electrons. The molecule has 5 nitrogen and oxygen atoms in total. The number of hydrogen-bond donors (Lipinski definition) is 2. The van der Waals surface area contributed by atoms with E-state index in [9.17, 15) is 4.79 Å². The number of nitrogens with one attached hydrogen (secondary N) is 2. The van der Waals surface area contributed by atoms with Crippen molar-refractivity contribution in [1.29, 1.82) is 0 Å². The van der Waals surface area contributed by atoms with Crippen LogP contribution in [0.2, 0.25) is 5.02 Å². The molecule has 6 heteroatoms. The number of hydrogen-bond acceptors (Lipinski definition) is 4. The fraction of sp³-hybridized carbons (Fsp3) is 0.182. The van der Waals surface area contributed by atoms with Gasteiger partial charge in [-0.2, -0.15) is 5.10 Å². The lowest BCUT2D eigenvalue weighted by Crippen LogP contribution is -2.11. The number of anilines is 1. The fourth-order valence-electron chi connectivity index (χ4n) is 1.31. The predicted molar refractivity (Wildman–Crippen MR) is 66.2 cm³/mol. The van der Waals surface area contributed by atoms with Gasteiger partial charge in [-0.15, -0.1) is 0 Å². The Morgan fingerprint density at radius 1 is 1.41 bits per heavy atom. The number of H-pyrrole nitrogens is 1. The number of pyridine rings is 1. The van der Waals surface area contributed by atoms with E-state index in [1.807, 2.05) is 19.1 Å². The summed E-state index contributed by atoms with van der Waals surface area (Å²) in [4.78, 5) is 15.4. The molecule has 2 aromatic heterocycles. The molecule has 0 aliphatic carbocycles. The summed E-state index contributed by atoms with van der Waals surface area (Å²) in [6, 6.07) is 3.89. The van der Waals surface area contributed by atoms with Crippen LogP contribution in [0.15, 0.2) is 29.3 Å². The summed E-state index contributed by atoms with van der Waals surface area (Å²) in [6.07, 6.45) is 3.25. The first-order valence-corrected chi connectivity index (χ1v) is 5.43. The summed E-state index contributed by atoms with van der Waals surface area (Å²) in [5.41, 5.74) is 2.08. The summed E-state index contributed by atoms with van der Waals surface area (Å²) >= 11 is 5.82. The van der Waals surface area contributed by atoms with Gasteiger partial charge in [0.1, 0.15) is 5.02 Å². The van der Waals surface area contributed by atoms with Crippen LogP contribution in [0.1, 0.15) is 11.3 Å². The monoisotopic (exact) mass is 250 g/mol. The van der Waals surface area contributed by atoms with Crippen molar-refractivity contribution in [3.05, 3.63) is 51.2 Å². The third kappa shape index (κ3) is 2.82. The SMILES string of the molecule is Cc1ccc(CNc2cn[nH]c(=O)c2Cl)cn1. The van der Waals surface area contributed by atoms with Crippen molar-refractivity contribution in [2.75, 3.05) is 5.32 Å². The molecule has 0 aliphatic heterocycles. The highest BCUT2D eigenvalue weighted by Gasteiger charge is 2.04. The van der Waals surface area contributed by atoms with Crippen LogP contribution in [0.5, 0.6) is 0 Å². The van der Waals surface area contributed by atoms with E-state index >= 15 is 0 Å². The van der Waals surface area contributed by atoms with Gasteiger partial charge in [-0.3, -0.25) is 9.78 Å². The Balaban J connectivity index is 2.10. The fourth-order valence-corrected chi connectivity index (χ4v) is 1.46. The van der Waals surface area contributed by atoms with Gasteiger partial charge in [-0.1, -0.05) is 17.7 Å². The van der Waals surface area contributed by atoms with Crippen LogP contribution in [-0.2, 0) is 6.54 Å². The smallest absolute Gasteiger partial charge is 0.285 e. The molecule has 0 amide bonds. The molecule has 0 saturated carbocycles. The minimum atomic E-state index is -0.404. The van der Waals surface area contributed by atoms with Gasteiger partial charge in [0.15, 0.2) is 0 Å². The van der Waals surface area contributed by atoms with Gasteiger partial charge in [0.05, 0.1) is 11.9 Å². The maximum absolute atomic E-state index is 11.2. The molecule has 2 N–H and O–H groups in total. The van der Waals surface area contributed by atoms with E-state index in [2.05, 4.69) is 20.5 Å². The van der Waals surface area contributed by atoms with Gasteiger partial charge in [-0.05, 0) is 18.6 Å². The number of halogens is 1. The predicted octanol–water partition coefficient (Wildman–Crippen LogP) is 1.74. The van der Waals surface area contributed by atoms with Gasteiger partial charge in [0, 0.05) is 18.4 Å². The molecule has 0 bridgehead atoms. The lowest BCUT2D eigenvalue weighted by Gasteiger charge is -2.06. The van der Waals surface area contributed by atoms with Crippen LogP contribution in [0.4, 0.5) is 5.69 Å². The first-order chi connectivity index (χ1) is 8.16. The zero-order chi connectivity index (χ0) is 12.3. The van der Waals surface area contributed by atoms with Crippen LogP contribution in [0.3, 0.4) is 0 Å². The summed E-state index contributed by atoms with van der Waals surface area (Å²) < 4.78 is 0. The highest BCUT2D eigenvalue weighted by molar-refractivity contribution is 6.32. The third-order valence-electron chi connectivity index (χ3n) is 2.25. The number of rotatable bonds is 3. The molecular formula is C11H11ClN4O. The lowest BCUT2D eigenvalue weighted by molar-refractivity contribution is 0.979. The van der Waals surface area contributed by atoms with Crippen LogP contribution < -0.4 is 10.9 Å². The molecule has 2 rings (SSSR count). The van der Waals surface area contributed by atoms with Crippen LogP contribution >= 0.6 is 11.6 Å². The second-order valence-electron chi connectivity index (χ2n) is 3.59. The minimum Gasteiger partial charge on any atom is -0.378 e. The summed E-state index contributed by atoms with van der Waals surface area (Å²) in [6.45, 7) is 2.47. The van der Waals surface area contributed by atoms with E-state index in [1.54, 1.807) is 6.20 Å². The highest BCUT2D eigenvalue weighted by atomic mass is 35.5. The van der Waals surface area contributed by atoms with E-state index in [-0.39, 0.29) is 5.02 Å². The maximum Gasteiger partial charge on any atom is 0.285 e. The molecule has 17 heavy (non-hydrogen) atoms. The third-order valence-corrected chi connectivity index (χ3v) is 2.63. The first kappa shape index (κ1) is 11.6. The van der Waals surface area contributed by atoms with Gasteiger partial charge in [-0.25, -0.2) is 5.10 Å². The van der Waals surface area contributed by atoms with E-state index < -0.39 is 5.56 Å². The molecule has 88 valence electrons. The van der Waals surface area contributed by atoms with Crippen molar-refractivity contribution in [2.45, 2.75) is 13.5 Å². The first-order valence-electron chi connectivity index (χ1n) is 5.05. The van der Waals surface area contributed by atoms with Crippen molar-refractivity contribution in [3.63, 3.8) is 0 Å². The average Bonchev–Trinajstić information content (AvgIpc) is 2.33. The second kappa shape index (κ2) is 4.97. The average molecular weight is 251 g/mol. The zero-order valence-corrected chi connectivity index (χ0v) is 9.95. The molecule has 2 heterocycles. The molecule has 2 aromatic rings. The Morgan fingerprint density at radius 3 is 2.94 bits per heavy atom. The van der Waals surface area contributed by atoms with E-state index in [0.29, 0.717) is 12.2 Å². The Morgan fingerprint density at radius 2 is 2.24 bits per heavy atom. The van der Waals surface area contributed by atoms with Crippen LogP contribution in [0, 0.1) is 6.92 Å². The van der Waals surface area contributed by atoms with E-state index in [1.165, 1.54) is 6.20 Å². The Kier molecular flexibility index (Phi) is 3.39. The Bertz CT molecular complexity index is 564. The highest BCUT2D eigenvalue weighted by Crippen LogP contribution is 2.15. The lowest BCUT2D eigenvalue weighted by atomic mass is 10.2. The summed E-state index contributed by atoms with van der Waals surface area (Å²) in [7, 11) is 0. The topological polar surface area (TPSA) is 70.7 Å². The zero-order valence-electron chi connectivity index (χ0n) is 9.20. The van der Waals surface area contributed by atoms with Crippen molar-refractivity contribution >= 4 is 17.3 Å². The van der Waals surface area contributed by atoms with Gasteiger partial charge in [0.2, 0.25) is 0 Å². The van der Waals surface area contributed by atoms with E-state index in [0.717, 1.165) is 11.3 Å².